The van der Waals surface area contributed by atoms with Crippen molar-refractivity contribution in [2.45, 2.75) is 19.3 Å². The van der Waals surface area contributed by atoms with Gasteiger partial charge in [0.1, 0.15) is 18.6 Å². The molecule has 120 valence electrons. The Morgan fingerprint density at radius 2 is 2.32 bits per heavy atom. The lowest BCUT2D eigenvalue weighted by Crippen LogP contribution is -2.25. The van der Waals surface area contributed by atoms with E-state index in [1.54, 1.807) is 6.20 Å². The molecule has 1 amide bonds. The number of ether oxygens (including phenoxy) is 2. The first-order valence-corrected chi connectivity index (χ1v) is 7.83. The summed E-state index contributed by atoms with van der Waals surface area (Å²) in [5.74, 6) is 1.03. The molecule has 3 heterocycles. The number of amides is 1. The van der Waals surface area contributed by atoms with Gasteiger partial charge in [-0.3, -0.25) is 4.79 Å². The highest BCUT2D eigenvalue weighted by Gasteiger charge is 2.19. The zero-order valence-electron chi connectivity index (χ0n) is 12.7. The molecule has 2 saturated heterocycles. The van der Waals surface area contributed by atoms with Gasteiger partial charge in [0.05, 0.1) is 19.4 Å². The van der Waals surface area contributed by atoms with Crippen LogP contribution in [0.15, 0.2) is 12.5 Å². The van der Waals surface area contributed by atoms with Gasteiger partial charge in [0.2, 0.25) is 0 Å². The molecule has 22 heavy (non-hydrogen) atoms. The number of rotatable bonds is 6. The lowest BCUT2D eigenvalue weighted by atomic mass is 10.1. The molecule has 1 aromatic rings. The first-order valence-electron chi connectivity index (χ1n) is 7.83. The van der Waals surface area contributed by atoms with Crippen molar-refractivity contribution < 1.29 is 14.3 Å². The molecule has 0 radical (unpaired) electrons. The SMILES string of the molecule is O=C(COCC1CCOC1)Nc1cncnc1N1CCCC1. The summed E-state index contributed by atoms with van der Waals surface area (Å²) in [6.07, 6.45) is 6.48. The number of carbonyl (C=O) groups excluding carboxylic acids is 1. The minimum Gasteiger partial charge on any atom is -0.381 e. The molecule has 2 aliphatic rings. The summed E-state index contributed by atoms with van der Waals surface area (Å²) in [4.78, 5) is 22.5. The van der Waals surface area contributed by atoms with E-state index in [4.69, 9.17) is 9.47 Å². The number of anilines is 2. The minimum absolute atomic E-state index is 0.0465. The van der Waals surface area contributed by atoms with Crippen LogP contribution in [0.25, 0.3) is 0 Å². The van der Waals surface area contributed by atoms with Gasteiger partial charge in [0, 0.05) is 25.6 Å². The van der Waals surface area contributed by atoms with Gasteiger partial charge in [-0.2, -0.15) is 0 Å². The molecule has 1 N–H and O–H groups in total. The van der Waals surface area contributed by atoms with Crippen molar-refractivity contribution in [1.82, 2.24) is 9.97 Å². The quantitative estimate of drug-likeness (QED) is 0.847. The first kappa shape index (κ1) is 15.2. The van der Waals surface area contributed by atoms with Gasteiger partial charge < -0.3 is 19.7 Å². The first-order chi connectivity index (χ1) is 10.8. The zero-order valence-corrected chi connectivity index (χ0v) is 12.7. The number of carbonyl (C=O) groups is 1. The lowest BCUT2D eigenvalue weighted by molar-refractivity contribution is -0.121. The Labute approximate surface area is 130 Å². The molecule has 2 fully saturated rings. The van der Waals surface area contributed by atoms with Gasteiger partial charge in [-0.05, 0) is 19.3 Å². The predicted molar refractivity (Wildman–Crippen MR) is 81.9 cm³/mol. The summed E-state index contributed by atoms with van der Waals surface area (Å²) in [7, 11) is 0. The van der Waals surface area contributed by atoms with Crippen LogP contribution >= 0.6 is 0 Å². The summed E-state index contributed by atoms with van der Waals surface area (Å²) in [5.41, 5.74) is 0.655. The maximum Gasteiger partial charge on any atom is 0.250 e. The van der Waals surface area contributed by atoms with E-state index in [0.717, 1.165) is 51.4 Å². The van der Waals surface area contributed by atoms with Crippen LogP contribution in [0.5, 0.6) is 0 Å². The van der Waals surface area contributed by atoms with Crippen LogP contribution in [0, 0.1) is 5.92 Å². The number of hydrogen-bond donors (Lipinski definition) is 1. The summed E-state index contributed by atoms with van der Waals surface area (Å²) in [6, 6.07) is 0. The zero-order chi connectivity index (χ0) is 15.2. The van der Waals surface area contributed by atoms with Crippen molar-refractivity contribution in [1.29, 1.82) is 0 Å². The van der Waals surface area contributed by atoms with E-state index in [0.29, 0.717) is 18.2 Å². The molecular formula is C15H22N4O3. The van der Waals surface area contributed by atoms with Crippen molar-refractivity contribution in [3.8, 4) is 0 Å². The van der Waals surface area contributed by atoms with Gasteiger partial charge in [-0.15, -0.1) is 0 Å². The van der Waals surface area contributed by atoms with E-state index in [2.05, 4.69) is 20.2 Å². The van der Waals surface area contributed by atoms with Crippen LogP contribution in [-0.4, -0.2) is 55.4 Å². The maximum absolute atomic E-state index is 12.0. The van der Waals surface area contributed by atoms with Crippen LogP contribution < -0.4 is 10.2 Å². The fourth-order valence-electron chi connectivity index (χ4n) is 2.81. The molecule has 1 unspecified atom stereocenters. The normalized spacial score (nSPS) is 21.3. The van der Waals surface area contributed by atoms with Crippen molar-refractivity contribution in [3.05, 3.63) is 12.5 Å². The molecule has 0 aliphatic carbocycles. The molecule has 1 atom stereocenters. The standard InChI is InChI=1S/C15H22N4O3/c20-14(10-22-9-12-3-6-21-8-12)18-13-7-16-11-17-15(13)19-4-1-2-5-19/h7,11-12H,1-6,8-10H2,(H,18,20). The second-order valence-corrected chi connectivity index (χ2v) is 5.75. The Morgan fingerprint density at radius 3 is 3.09 bits per heavy atom. The van der Waals surface area contributed by atoms with Crippen LogP contribution in [0.3, 0.4) is 0 Å². The Bertz CT molecular complexity index is 499. The number of nitrogens with zero attached hydrogens (tertiary/aromatic N) is 3. The summed E-state index contributed by atoms with van der Waals surface area (Å²) < 4.78 is 10.8. The van der Waals surface area contributed by atoms with Gasteiger partial charge in [-0.25, -0.2) is 9.97 Å². The third kappa shape index (κ3) is 3.92. The van der Waals surface area contributed by atoms with E-state index >= 15 is 0 Å². The third-order valence-electron chi connectivity index (χ3n) is 3.98. The highest BCUT2D eigenvalue weighted by Crippen LogP contribution is 2.25. The monoisotopic (exact) mass is 306 g/mol. The third-order valence-corrected chi connectivity index (χ3v) is 3.98. The molecule has 7 nitrogen and oxygen atoms in total. The fraction of sp³-hybridized carbons (Fsp3) is 0.667. The van der Waals surface area contributed by atoms with Crippen molar-refractivity contribution >= 4 is 17.4 Å². The minimum atomic E-state index is -0.172. The molecule has 0 spiro atoms. The highest BCUT2D eigenvalue weighted by atomic mass is 16.5. The fourth-order valence-corrected chi connectivity index (χ4v) is 2.81. The van der Waals surface area contributed by atoms with E-state index < -0.39 is 0 Å². The number of aromatic nitrogens is 2. The number of hydrogen-bond acceptors (Lipinski definition) is 6. The maximum atomic E-state index is 12.0. The number of nitrogens with one attached hydrogen (secondary N) is 1. The van der Waals surface area contributed by atoms with Gasteiger partial charge in [-0.1, -0.05) is 0 Å². The van der Waals surface area contributed by atoms with Crippen molar-refractivity contribution in [2.24, 2.45) is 5.92 Å². The van der Waals surface area contributed by atoms with Gasteiger partial charge >= 0.3 is 0 Å². The van der Waals surface area contributed by atoms with Gasteiger partial charge in [0.25, 0.3) is 5.91 Å². The van der Waals surface area contributed by atoms with Crippen LogP contribution in [0.2, 0.25) is 0 Å². The predicted octanol–water partition coefficient (Wildman–Crippen LogP) is 1.07. The Morgan fingerprint density at radius 1 is 1.45 bits per heavy atom. The summed E-state index contributed by atoms with van der Waals surface area (Å²) in [5, 5.41) is 2.85. The van der Waals surface area contributed by atoms with Crippen molar-refractivity contribution in [3.63, 3.8) is 0 Å². The average molecular weight is 306 g/mol. The molecule has 0 saturated carbocycles. The molecular weight excluding hydrogens is 284 g/mol. The molecule has 2 aliphatic heterocycles. The molecule has 7 heteroatoms. The van der Waals surface area contributed by atoms with E-state index in [1.807, 2.05) is 0 Å². The second kappa shape index (κ2) is 7.51. The summed E-state index contributed by atoms with van der Waals surface area (Å²) >= 11 is 0. The Kier molecular flexibility index (Phi) is 5.18. The second-order valence-electron chi connectivity index (χ2n) is 5.75. The Balaban J connectivity index is 1.50. The molecule has 1 aromatic heterocycles. The van der Waals surface area contributed by atoms with Gasteiger partial charge in [0.15, 0.2) is 5.82 Å². The van der Waals surface area contributed by atoms with Crippen LogP contribution in [0.1, 0.15) is 19.3 Å². The Hall–Kier alpha value is -1.73. The lowest BCUT2D eigenvalue weighted by Gasteiger charge is -2.19. The molecule has 0 bridgehead atoms. The van der Waals surface area contributed by atoms with Crippen LogP contribution in [0.4, 0.5) is 11.5 Å². The van der Waals surface area contributed by atoms with E-state index in [-0.39, 0.29) is 12.5 Å². The average Bonchev–Trinajstić information content (AvgIpc) is 3.21. The van der Waals surface area contributed by atoms with E-state index in [9.17, 15) is 4.79 Å². The summed E-state index contributed by atoms with van der Waals surface area (Å²) in [6.45, 7) is 4.08. The van der Waals surface area contributed by atoms with Crippen LogP contribution in [-0.2, 0) is 14.3 Å². The largest absolute Gasteiger partial charge is 0.381 e. The topological polar surface area (TPSA) is 76.6 Å². The van der Waals surface area contributed by atoms with E-state index in [1.165, 1.54) is 6.33 Å². The smallest absolute Gasteiger partial charge is 0.250 e. The van der Waals surface area contributed by atoms with Crippen molar-refractivity contribution in [2.75, 3.05) is 49.7 Å². The molecule has 0 aromatic carbocycles. The molecule has 3 rings (SSSR count). The highest BCUT2D eigenvalue weighted by molar-refractivity contribution is 5.94.